The van der Waals surface area contributed by atoms with E-state index in [1.54, 1.807) is 16.8 Å². The molecule has 0 aliphatic heterocycles. The molecule has 1 aromatic heterocycles. The molecule has 0 fully saturated rings. The number of nitrogens with one attached hydrogen (secondary N) is 1. The quantitative estimate of drug-likeness (QED) is 0.826. The fourth-order valence-electron chi connectivity index (χ4n) is 1.97. The molecule has 2 rings (SSSR count). The molecule has 0 aliphatic rings. The van der Waals surface area contributed by atoms with E-state index in [-0.39, 0.29) is 11.4 Å². The summed E-state index contributed by atoms with van der Waals surface area (Å²) in [4.78, 5) is 0.200. The molecule has 7 heteroatoms. The average molecular weight is 294 g/mol. The molecule has 0 saturated carbocycles. The van der Waals surface area contributed by atoms with Crippen LogP contribution in [0.5, 0.6) is 0 Å². The molecule has 20 heavy (non-hydrogen) atoms. The van der Waals surface area contributed by atoms with Crippen LogP contribution in [-0.2, 0) is 23.6 Å². The van der Waals surface area contributed by atoms with Gasteiger partial charge in [0.05, 0.1) is 10.6 Å². The highest BCUT2D eigenvalue weighted by molar-refractivity contribution is 7.89. The van der Waals surface area contributed by atoms with Crippen molar-refractivity contribution in [3.8, 4) is 0 Å². The van der Waals surface area contributed by atoms with Crippen LogP contribution in [0.15, 0.2) is 29.2 Å². The molecule has 0 atom stereocenters. The Hall–Kier alpha value is -1.86. The lowest BCUT2D eigenvalue weighted by Crippen LogP contribution is -2.23. The number of hydrogen-bond acceptors (Lipinski definition) is 4. The number of hydrogen-bond donors (Lipinski definition) is 2. The minimum absolute atomic E-state index is 0.200. The van der Waals surface area contributed by atoms with Crippen molar-refractivity contribution < 1.29 is 8.42 Å². The molecule has 6 nitrogen and oxygen atoms in total. The molecular weight excluding hydrogens is 276 g/mol. The highest BCUT2D eigenvalue weighted by Crippen LogP contribution is 2.15. The molecule has 0 unspecified atom stereocenters. The summed E-state index contributed by atoms with van der Waals surface area (Å²) in [6.45, 7) is 3.99. The van der Waals surface area contributed by atoms with Crippen LogP contribution in [0.2, 0.25) is 0 Å². The summed E-state index contributed by atoms with van der Waals surface area (Å²) in [6, 6.07) is 6.10. The van der Waals surface area contributed by atoms with E-state index in [1.165, 1.54) is 12.1 Å². The predicted molar refractivity (Wildman–Crippen MR) is 77.6 cm³/mol. The SMILES string of the molecule is Cc1nn(C)c(C)c1CNS(=O)(=O)c1ccc(N)cc1. The van der Waals surface area contributed by atoms with Crippen molar-refractivity contribution in [2.24, 2.45) is 7.05 Å². The smallest absolute Gasteiger partial charge is 0.240 e. The van der Waals surface area contributed by atoms with Gasteiger partial charge in [0.1, 0.15) is 0 Å². The van der Waals surface area contributed by atoms with Gasteiger partial charge in [-0.05, 0) is 38.1 Å². The highest BCUT2D eigenvalue weighted by Gasteiger charge is 2.16. The molecule has 0 spiro atoms. The van der Waals surface area contributed by atoms with Crippen LogP contribution in [0, 0.1) is 13.8 Å². The lowest BCUT2D eigenvalue weighted by atomic mass is 10.2. The third-order valence-corrected chi connectivity index (χ3v) is 4.71. The van der Waals surface area contributed by atoms with Gasteiger partial charge in [0.2, 0.25) is 10.0 Å². The minimum Gasteiger partial charge on any atom is -0.399 e. The molecular formula is C13H18N4O2S. The van der Waals surface area contributed by atoms with E-state index in [4.69, 9.17) is 5.73 Å². The Kier molecular flexibility index (Phi) is 3.82. The first-order chi connectivity index (χ1) is 9.31. The topological polar surface area (TPSA) is 90.0 Å². The van der Waals surface area contributed by atoms with Crippen LogP contribution in [0.1, 0.15) is 17.0 Å². The monoisotopic (exact) mass is 294 g/mol. The zero-order valence-corrected chi connectivity index (χ0v) is 12.5. The Morgan fingerprint density at radius 3 is 2.35 bits per heavy atom. The molecule has 0 amide bonds. The van der Waals surface area contributed by atoms with Gasteiger partial charge >= 0.3 is 0 Å². The van der Waals surface area contributed by atoms with Gasteiger partial charge in [0.25, 0.3) is 0 Å². The summed E-state index contributed by atoms with van der Waals surface area (Å²) in [5.74, 6) is 0. The van der Waals surface area contributed by atoms with Gasteiger partial charge in [-0.25, -0.2) is 13.1 Å². The number of sulfonamides is 1. The Labute approximate surface area is 118 Å². The summed E-state index contributed by atoms with van der Waals surface area (Å²) < 4.78 is 28.7. The summed E-state index contributed by atoms with van der Waals surface area (Å²) in [7, 11) is -1.71. The molecule has 0 bridgehead atoms. The number of aryl methyl sites for hydroxylation is 2. The molecule has 0 saturated heterocycles. The van der Waals surface area contributed by atoms with E-state index >= 15 is 0 Å². The Bertz CT molecular complexity index is 718. The van der Waals surface area contributed by atoms with Gasteiger partial charge in [-0.1, -0.05) is 0 Å². The number of aromatic nitrogens is 2. The van der Waals surface area contributed by atoms with E-state index in [0.717, 1.165) is 17.0 Å². The zero-order chi connectivity index (χ0) is 14.9. The standard InChI is InChI=1S/C13H18N4O2S/c1-9-13(10(2)17(3)16-9)8-15-20(18,19)12-6-4-11(14)5-7-12/h4-7,15H,8,14H2,1-3H3. The number of anilines is 1. The van der Waals surface area contributed by atoms with E-state index in [1.807, 2.05) is 20.9 Å². The van der Waals surface area contributed by atoms with Crippen LogP contribution in [0.3, 0.4) is 0 Å². The largest absolute Gasteiger partial charge is 0.399 e. The molecule has 2 aromatic rings. The van der Waals surface area contributed by atoms with Gasteiger partial charge in [-0.3, -0.25) is 4.68 Å². The normalized spacial score (nSPS) is 11.8. The van der Waals surface area contributed by atoms with Crippen molar-refractivity contribution in [2.75, 3.05) is 5.73 Å². The molecule has 0 aliphatic carbocycles. The van der Waals surface area contributed by atoms with Crippen LogP contribution in [-0.4, -0.2) is 18.2 Å². The molecule has 0 radical (unpaired) electrons. The van der Waals surface area contributed by atoms with Crippen molar-refractivity contribution in [2.45, 2.75) is 25.3 Å². The third-order valence-electron chi connectivity index (χ3n) is 3.29. The number of nitrogens with two attached hydrogens (primary N) is 1. The summed E-state index contributed by atoms with van der Waals surface area (Å²) in [5, 5.41) is 4.26. The first-order valence-electron chi connectivity index (χ1n) is 6.15. The number of benzene rings is 1. The molecule has 1 heterocycles. The first-order valence-corrected chi connectivity index (χ1v) is 7.64. The van der Waals surface area contributed by atoms with Crippen molar-refractivity contribution in [1.82, 2.24) is 14.5 Å². The van der Waals surface area contributed by atoms with Crippen LogP contribution in [0.25, 0.3) is 0 Å². The average Bonchev–Trinajstić information content (AvgIpc) is 2.62. The fraction of sp³-hybridized carbons (Fsp3) is 0.308. The highest BCUT2D eigenvalue weighted by atomic mass is 32.2. The lowest BCUT2D eigenvalue weighted by molar-refractivity contribution is 0.581. The van der Waals surface area contributed by atoms with E-state index in [2.05, 4.69) is 9.82 Å². The second kappa shape index (κ2) is 5.26. The first kappa shape index (κ1) is 14.5. The summed E-state index contributed by atoms with van der Waals surface area (Å²) in [5.41, 5.74) is 8.75. The minimum atomic E-state index is -3.54. The maximum atomic E-state index is 12.2. The fourth-order valence-corrected chi connectivity index (χ4v) is 2.97. The predicted octanol–water partition coefficient (Wildman–Crippen LogP) is 1.10. The van der Waals surface area contributed by atoms with E-state index < -0.39 is 10.0 Å². The zero-order valence-electron chi connectivity index (χ0n) is 11.7. The molecule has 1 aromatic carbocycles. The third kappa shape index (κ3) is 2.83. The lowest BCUT2D eigenvalue weighted by Gasteiger charge is -2.07. The number of nitrogens with zero attached hydrogens (tertiary/aromatic N) is 2. The molecule has 108 valence electrons. The Morgan fingerprint density at radius 1 is 1.25 bits per heavy atom. The van der Waals surface area contributed by atoms with Crippen LogP contribution in [0.4, 0.5) is 5.69 Å². The van der Waals surface area contributed by atoms with Crippen LogP contribution < -0.4 is 10.5 Å². The van der Waals surface area contributed by atoms with Gasteiger partial charge in [-0.15, -0.1) is 0 Å². The Morgan fingerprint density at radius 2 is 1.85 bits per heavy atom. The van der Waals surface area contributed by atoms with Gasteiger partial charge < -0.3 is 5.73 Å². The van der Waals surface area contributed by atoms with E-state index in [9.17, 15) is 8.42 Å². The van der Waals surface area contributed by atoms with E-state index in [0.29, 0.717) is 5.69 Å². The van der Waals surface area contributed by atoms with Crippen LogP contribution >= 0.6 is 0 Å². The maximum absolute atomic E-state index is 12.2. The number of rotatable bonds is 4. The van der Waals surface area contributed by atoms with Gasteiger partial charge in [-0.2, -0.15) is 5.10 Å². The van der Waals surface area contributed by atoms with Crippen molar-refractivity contribution in [3.05, 3.63) is 41.2 Å². The number of nitrogen functional groups attached to an aromatic ring is 1. The van der Waals surface area contributed by atoms with Crippen molar-refractivity contribution >= 4 is 15.7 Å². The Balaban J connectivity index is 2.19. The summed E-state index contributed by atoms with van der Waals surface area (Å²) >= 11 is 0. The van der Waals surface area contributed by atoms with Gasteiger partial charge in [0, 0.05) is 30.5 Å². The van der Waals surface area contributed by atoms with Gasteiger partial charge in [0.15, 0.2) is 0 Å². The summed E-state index contributed by atoms with van der Waals surface area (Å²) in [6.07, 6.45) is 0. The second-order valence-corrected chi connectivity index (χ2v) is 6.43. The van der Waals surface area contributed by atoms with Crippen molar-refractivity contribution in [1.29, 1.82) is 0 Å². The second-order valence-electron chi connectivity index (χ2n) is 4.67. The molecule has 3 N–H and O–H groups in total. The maximum Gasteiger partial charge on any atom is 0.240 e. The van der Waals surface area contributed by atoms with Crippen molar-refractivity contribution in [3.63, 3.8) is 0 Å².